The van der Waals surface area contributed by atoms with Crippen molar-refractivity contribution in [3.05, 3.63) is 83.0 Å². The van der Waals surface area contributed by atoms with E-state index in [1.807, 2.05) is 24.3 Å². The number of fused-ring (bicyclic) bond motifs is 1. The van der Waals surface area contributed by atoms with E-state index in [-0.39, 0.29) is 17.6 Å². The molecule has 7 heteroatoms. The number of carbonyl (C=O) groups excluding carboxylic acids is 1. The molecule has 5 rings (SSSR count). The number of hydrogen-bond donors (Lipinski definition) is 1. The molecule has 0 unspecified atom stereocenters. The monoisotopic (exact) mass is 505 g/mol. The van der Waals surface area contributed by atoms with Crippen LogP contribution in [0.15, 0.2) is 66.7 Å². The predicted octanol–water partition coefficient (Wildman–Crippen LogP) is 7.02. The normalized spacial score (nSPS) is 15.9. The van der Waals surface area contributed by atoms with E-state index in [0.717, 1.165) is 41.9 Å². The molecule has 3 aromatic carbocycles. The Kier molecular flexibility index (Phi) is 7.20. The maximum absolute atomic E-state index is 13.4. The van der Waals surface area contributed by atoms with Crippen molar-refractivity contribution in [2.75, 3.05) is 19.6 Å². The lowest BCUT2D eigenvalue weighted by molar-refractivity contribution is 0.104. The van der Waals surface area contributed by atoms with Crippen LogP contribution in [-0.4, -0.2) is 41.5 Å². The number of phenolic OH excluding ortho intramolecular Hbond substituents is 1. The molecule has 186 valence electrons. The van der Waals surface area contributed by atoms with Gasteiger partial charge in [0.2, 0.25) is 5.78 Å². The topological polar surface area (TPSA) is 59.0 Å². The summed E-state index contributed by atoms with van der Waals surface area (Å²) in [6, 6.07) is 17.8. The van der Waals surface area contributed by atoms with Gasteiger partial charge in [-0.1, -0.05) is 13.3 Å². The second-order valence-corrected chi connectivity index (χ2v) is 10.1. The van der Waals surface area contributed by atoms with Crippen molar-refractivity contribution in [3.63, 3.8) is 0 Å². The van der Waals surface area contributed by atoms with Crippen molar-refractivity contribution in [2.45, 2.75) is 32.3 Å². The molecule has 1 aliphatic heterocycles. The van der Waals surface area contributed by atoms with E-state index in [1.54, 1.807) is 18.2 Å². The highest BCUT2D eigenvalue weighted by molar-refractivity contribution is 7.21. The van der Waals surface area contributed by atoms with Crippen molar-refractivity contribution >= 4 is 27.2 Å². The molecule has 0 bridgehead atoms. The van der Waals surface area contributed by atoms with E-state index in [1.165, 1.54) is 48.4 Å². The molecule has 1 N–H and O–H groups in total. The van der Waals surface area contributed by atoms with Gasteiger partial charge in [-0.2, -0.15) is 0 Å². The molecule has 1 aliphatic rings. The third-order valence-corrected chi connectivity index (χ3v) is 7.48. The molecule has 1 fully saturated rings. The number of ether oxygens (including phenoxy) is 2. The first kappa shape index (κ1) is 24.3. The lowest BCUT2D eigenvalue weighted by Gasteiger charge is -2.16. The van der Waals surface area contributed by atoms with E-state index in [4.69, 9.17) is 9.47 Å². The first-order valence-corrected chi connectivity index (χ1v) is 13.0. The van der Waals surface area contributed by atoms with Crippen LogP contribution < -0.4 is 9.47 Å². The van der Waals surface area contributed by atoms with E-state index in [9.17, 15) is 14.3 Å². The van der Waals surface area contributed by atoms with Gasteiger partial charge in [0.1, 0.15) is 34.0 Å². The minimum Gasteiger partial charge on any atom is -0.508 e. The smallest absolute Gasteiger partial charge is 0.206 e. The summed E-state index contributed by atoms with van der Waals surface area (Å²) < 4.78 is 26.5. The summed E-state index contributed by atoms with van der Waals surface area (Å²) in [4.78, 5) is 16.1. The van der Waals surface area contributed by atoms with Crippen LogP contribution in [-0.2, 0) is 0 Å². The lowest BCUT2D eigenvalue weighted by atomic mass is 10.1. The highest BCUT2D eigenvalue weighted by Gasteiger charge is 2.24. The van der Waals surface area contributed by atoms with Gasteiger partial charge in [0.15, 0.2) is 5.75 Å². The molecule has 0 radical (unpaired) electrons. The van der Waals surface area contributed by atoms with Crippen LogP contribution in [0.3, 0.4) is 0 Å². The van der Waals surface area contributed by atoms with Crippen molar-refractivity contribution in [3.8, 4) is 23.0 Å². The van der Waals surface area contributed by atoms with Crippen molar-refractivity contribution < 1.29 is 23.8 Å². The van der Waals surface area contributed by atoms with Gasteiger partial charge in [-0.25, -0.2) is 4.39 Å². The zero-order chi connectivity index (χ0) is 25.1. The van der Waals surface area contributed by atoms with Crippen LogP contribution >= 0.6 is 11.3 Å². The number of nitrogens with zero attached hydrogens (tertiary/aromatic N) is 1. The number of carbonyl (C=O) groups is 1. The average Bonchev–Trinajstić information content (AvgIpc) is 3.48. The minimum absolute atomic E-state index is 0.109. The number of benzene rings is 3. The number of unbranched alkanes of at least 4 members (excludes halogenated alkanes) is 1. The quantitative estimate of drug-likeness (QED) is 0.248. The number of halogens is 1. The maximum atomic E-state index is 13.4. The third kappa shape index (κ3) is 5.37. The Hall–Kier alpha value is -3.42. The minimum atomic E-state index is -0.405. The zero-order valence-electron chi connectivity index (χ0n) is 20.1. The van der Waals surface area contributed by atoms with Gasteiger partial charge in [-0.15, -0.1) is 11.3 Å². The summed E-state index contributed by atoms with van der Waals surface area (Å²) in [6.45, 7) is 5.34. The average molecular weight is 506 g/mol. The van der Waals surface area contributed by atoms with Gasteiger partial charge in [-0.3, -0.25) is 9.69 Å². The molecular formula is C29H28FNO4S. The Balaban J connectivity index is 1.35. The van der Waals surface area contributed by atoms with Gasteiger partial charge in [0, 0.05) is 28.7 Å². The number of phenols is 1. The fourth-order valence-electron chi connectivity index (χ4n) is 4.42. The van der Waals surface area contributed by atoms with Crippen LogP contribution in [0.2, 0.25) is 0 Å². The largest absolute Gasteiger partial charge is 0.508 e. The van der Waals surface area contributed by atoms with Gasteiger partial charge in [0.05, 0.1) is 0 Å². The Bertz CT molecular complexity index is 1350. The summed E-state index contributed by atoms with van der Waals surface area (Å²) in [5.41, 5.74) is 0.366. The molecular weight excluding hydrogens is 477 g/mol. The summed E-state index contributed by atoms with van der Waals surface area (Å²) in [5.74, 6) is 1.21. The van der Waals surface area contributed by atoms with Gasteiger partial charge < -0.3 is 14.6 Å². The number of likely N-dealkylation sites (tertiary alicyclic amines) is 1. The van der Waals surface area contributed by atoms with Gasteiger partial charge in [0.25, 0.3) is 0 Å². The van der Waals surface area contributed by atoms with Crippen LogP contribution in [0.4, 0.5) is 4.39 Å². The lowest BCUT2D eigenvalue weighted by Crippen LogP contribution is -2.25. The van der Waals surface area contributed by atoms with Crippen LogP contribution in [0.25, 0.3) is 10.1 Å². The van der Waals surface area contributed by atoms with Gasteiger partial charge in [-0.05, 0) is 86.1 Å². The van der Waals surface area contributed by atoms with Crippen molar-refractivity contribution in [1.82, 2.24) is 4.90 Å². The van der Waals surface area contributed by atoms with E-state index < -0.39 is 5.82 Å². The van der Waals surface area contributed by atoms with Crippen LogP contribution in [0.1, 0.15) is 41.4 Å². The summed E-state index contributed by atoms with van der Waals surface area (Å²) in [5, 5.41) is 10.7. The molecule has 0 amide bonds. The summed E-state index contributed by atoms with van der Waals surface area (Å²) in [7, 11) is 0. The van der Waals surface area contributed by atoms with Crippen molar-refractivity contribution in [1.29, 1.82) is 0 Å². The van der Waals surface area contributed by atoms with Gasteiger partial charge >= 0.3 is 0 Å². The van der Waals surface area contributed by atoms with E-state index in [0.29, 0.717) is 21.9 Å². The standard InChI is InChI=1S/C29H28FNO4S/c1-2-3-15-31-16-14-24(18-31)34-22-9-11-23(12-10-22)35-28-25-13-8-21(32)17-26(25)36-29(28)27(33)19-4-6-20(30)7-5-19/h4-13,17,24,32H,2-3,14-16,18H2,1H3/t24-/m1/s1. The predicted molar refractivity (Wildman–Crippen MR) is 140 cm³/mol. The first-order valence-electron chi connectivity index (χ1n) is 12.2. The Morgan fingerprint density at radius 3 is 2.58 bits per heavy atom. The fourth-order valence-corrected chi connectivity index (χ4v) is 5.54. The second-order valence-electron chi connectivity index (χ2n) is 9.03. The third-order valence-electron chi connectivity index (χ3n) is 6.34. The first-order chi connectivity index (χ1) is 17.5. The fraction of sp³-hybridized carbons (Fsp3) is 0.276. The summed E-state index contributed by atoms with van der Waals surface area (Å²) in [6.07, 6.45) is 3.61. The molecule has 1 saturated heterocycles. The Labute approximate surface area is 213 Å². The Morgan fingerprint density at radius 2 is 1.83 bits per heavy atom. The molecule has 0 aliphatic carbocycles. The number of rotatable bonds is 9. The Morgan fingerprint density at radius 1 is 1.08 bits per heavy atom. The van der Waals surface area contributed by atoms with E-state index in [2.05, 4.69) is 11.8 Å². The maximum Gasteiger partial charge on any atom is 0.206 e. The highest BCUT2D eigenvalue weighted by atomic mass is 32.1. The molecule has 0 saturated carbocycles. The molecule has 36 heavy (non-hydrogen) atoms. The SMILES string of the molecule is CCCCN1CC[C@@H](Oc2ccc(Oc3c(C(=O)c4ccc(F)cc4)sc4cc(O)ccc34)cc2)C1. The number of aromatic hydroxyl groups is 1. The molecule has 1 atom stereocenters. The number of ketones is 1. The molecule has 5 nitrogen and oxygen atoms in total. The molecule has 0 spiro atoms. The zero-order valence-corrected chi connectivity index (χ0v) is 20.9. The van der Waals surface area contributed by atoms with Crippen LogP contribution in [0.5, 0.6) is 23.0 Å². The van der Waals surface area contributed by atoms with Crippen molar-refractivity contribution in [2.24, 2.45) is 0 Å². The number of hydrogen-bond acceptors (Lipinski definition) is 6. The number of thiophene rings is 1. The molecule has 2 heterocycles. The summed E-state index contributed by atoms with van der Waals surface area (Å²) >= 11 is 1.24. The second kappa shape index (κ2) is 10.7. The van der Waals surface area contributed by atoms with E-state index >= 15 is 0 Å². The molecule has 1 aromatic heterocycles. The van der Waals surface area contributed by atoms with Crippen LogP contribution in [0, 0.1) is 5.82 Å². The highest BCUT2D eigenvalue weighted by Crippen LogP contribution is 2.43. The molecule has 4 aromatic rings.